The standard InChI is InChI=1S/C15H14N4O3/c1-9-7-10(2)19(18-9)13-4-3-11(8-12(13)15(21)22)17-14(20)5-6-16/h3-4,7-8H,5H2,1-2H3,(H,17,20)(H,21,22). The van der Waals surface area contributed by atoms with Gasteiger partial charge in [0.15, 0.2) is 0 Å². The molecule has 1 amide bonds. The molecule has 7 heteroatoms. The van der Waals surface area contributed by atoms with Crippen LogP contribution in [0.25, 0.3) is 5.69 Å². The summed E-state index contributed by atoms with van der Waals surface area (Å²) < 4.78 is 1.54. The van der Waals surface area contributed by atoms with Gasteiger partial charge in [0.25, 0.3) is 0 Å². The lowest BCUT2D eigenvalue weighted by Gasteiger charge is -2.11. The van der Waals surface area contributed by atoms with Crippen molar-refractivity contribution in [3.63, 3.8) is 0 Å². The second-order valence-corrected chi connectivity index (χ2v) is 4.76. The molecule has 0 fully saturated rings. The maximum Gasteiger partial charge on any atom is 0.337 e. The van der Waals surface area contributed by atoms with Crippen LogP contribution < -0.4 is 5.32 Å². The monoisotopic (exact) mass is 298 g/mol. The summed E-state index contributed by atoms with van der Waals surface area (Å²) in [5.41, 5.74) is 2.33. The molecule has 0 radical (unpaired) electrons. The molecular weight excluding hydrogens is 284 g/mol. The Morgan fingerprint density at radius 1 is 1.36 bits per heavy atom. The van der Waals surface area contributed by atoms with Gasteiger partial charge < -0.3 is 10.4 Å². The number of anilines is 1. The highest BCUT2D eigenvalue weighted by atomic mass is 16.4. The Bertz CT molecular complexity index is 787. The van der Waals surface area contributed by atoms with Gasteiger partial charge in [-0.15, -0.1) is 0 Å². The molecule has 2 rings (SSSR count). The Morgan fingerprint density at radius 2 is 2.09 bits per heavy atom. The minimum atomic E-state index is -1.13. The number of benzene rings is 1. The number of carboxylic acids is 1. The smallest absolute Gasteiger partial charge is 0.337 e. The molecule has 22 heavy (non-hydrogen) atoms. The van der Waals surface area contributed by atoms with Gasteiger partial charge in [0.05, 0.1) is 23.0 Å². The number of carbonyl (C=O) groups excluding carboxylic acids is 1. The van der Waals surface area contributed by atoms with Gasteiger partial charge >= 0.3 is 5.97 Å². The van der Waals surface area contributed by atoms with E-state index in [4.69, 9.17) is 5.26 Å². The molecule has 112 valence electrons. The Labute approximate surface area is 126 Å². The summed E-state index contributed by atoms with van der Waals surface area (Å²) in [6.07, 6.45) is -0.290. The van der Waals surface area contributed by atoms with Crippen LogP contribution in [0.4, 0.5) is 5.69 Å². The van der Waals surface area contributed by atoms with Crippen LogP contribution >= 0.6 is 0 Å². The molecule has 1 aromatic heterocycles. The maximum atomic E-state index is 11.5. The summed E-state index contributed by atoms with van der Waals surface area (Å²) in [4.78, 5) is 22.9. The van der Waals surface area contributed by atoms with Crippen LogP contribution in [0.15, 0.2) is 24.3 Å². The predicted molar refractivity (Wildman–Crippen MR) is 78.9 cm³/mol. The van der Waals surface area contributed by atoms with Crippen LogP contribution in [0.2, 0.25) is 0 Å². The molecule has 0 aliphatic rings. The van der Waals surface area contributed by atoms with E-state index in [1.807, 2.05) is 19.9 Å². The largest absolute Gasteiger partial charge is 0.478 e. The number of hydrogen-bond acceptors (Lipinski definition) is 4. The minimum Gasteiger partial charge on any atom is -0.478 e. The van der Waals surface area contributed by atoms with E-state index in [0.29, 0.717) is 11.4 Å². The highest BCUT2D eigenvalue weighted by Gasteiger charge is 2.16. The van der Waals surface area contributed by atoms with Crippen LogP contribution in [0, 0.1) is 25.2 Å². The summed E-state index contributed by atoms with van der Waals surface area (Å²) in [5.74, 6) is -1.61. The van der Waals surface area contributed by atoms with Crippen molar-refractivity contribution in [2.45, 2.75) is 20.3 Å². The molecule has 0 aliphatic heterocycles. The SMILES string of the molecule is Cc1cc(C)n(-c2ccc(NC(=O)CC#N)cc2C(=O)O)n1. The maximum absolute atomic E-state index is 11.5. The first-order valence-corrected chi connectivity index (χ1v) is 6.50. The van der Waals surface area contributed by atoms with Crippen molar-refractivity contribution in [2.24, 2.45) is 0 Å². The van der Waals surface area contributed by atoms with E-state index in [1.54, 1.807) is 22.9 Å². The van der Waals surface area contributed by atoms with Gasteiger partial charge in [-0.3, -0.25) is 4.79 Å². The van der Waals surface area contributed by atoms with Crippen LogP contribution in [0.5, 0.6) is 0 Å². The number of hydrogen-bond donors (Lipinski definition) is 2. The molecule has 2 N–H and O–H groups in total. The molecule has 0 saturated carbocycles. The third-order valence-electron chi connectivity index (χ3n) is 2.99. The van der Waals surface area contributed by atoms with E-state index in [9.17, 15) is 14.7 Å². The third-order valence-corrected chi connectivity index (χ3v) is 2.99. The second kappa shape index (κ2) is 6.10. The predicted octanol–water partition coefficient (Wildman–Crippen LogP) is 2.04. The minimum absolute atomic E-state index is 0.0148. The molecule has 0 aliphatic carbocycles. The fourth-order valence-electron chi connectivity index (χ4n) is 2.12. The number of nitriles is 1. The first-order valence-electron chi connectivity index (χ1n) is 6.50. The van der Waals surface area contributed by atoms with Crippen LogP contribution in [-0.2, 0) is 4.79 Å². The van der Waals surface area contributed by atoms with Crippen molar-refractivity contribution < 1.29 is 14.7 Å². The molecule has 0 atom stereocenters. The fraction of sp³-hybridized carbons (Fsp3) is 0.200. The zero-order chi connectivity index (χ0) is 16.3. The molecule has 1 aromatic carbocycles. The van der Waals surface area contributed by atoms with Gasteiger partial charge in [0, 0.05) is 11.4 Å². The Kier molecular flexibility index (Phi) is 4.23. The van der Waals surface area contributed by atoms with Gasteiger partial charge in [-0.25, -0.2) is 9.48 Å². The number of carboxylic acid groups (broad SMARTS) is 1. The summed E-state index contributed by atoms with van der Waals surface area (Å²) in [6, 6.07) is 8.07. The molecule has 0 bridgehead atoms. The Balaban J connectivity index is 2.45. The normalized spacial score (nSPS) is 10.0. The summed E-state index contributed by atoms with van der Waals surface area (Å²) in [5, 5.41) is 24.6. The van der Waals surface area contributed by atoms with Crippen molar-refractivity contribution in [3.8, 4) is 11.8 Å². The lowest BCUT2D eigenvalue weighted by molar-refractivity contribution is -0.115. The van der Waals surface area contributed by atoms with Gasteiger partial charge in [0.1, 0.15) is 6.42 Å². The van der Waals surface area contributed by atoms with Crippen molar-refractivity contribution >= 4 is 17.6 Å². The zero-order valence-electron chi connectivity index (χ0n) is 12.1. The quantitative estimate of drug-likeness (QED) is 0.898. The van der Waals surface area contributed by atoms with Crippen molar-refractivity contribution in [3.05, 3.63) is 41.2 Å². The van der Waals surface area contributed by atoms with Crippen LogP contribution in [0.3, 0.4) is 0 Å². The summed E-state index contributed by atoms with van der Waals surface area (Å²) in [7, 11) is 0. The van der Waals surface area contributed by atoms with E-state index < -0.39 is 11.9 Å². The highest BCUT2D eigenvalue weighted by Crippen LogP contribution is 2.21. The van der Waals surface area contributed by atoms with E-state index in [0.717, 1.165) is 11.4 Å². The van der Waals surface area contributed by atoms with Gasteiger partial charge in [0.2, 0.25) is 5.91 Å². The lowest BCUT2D eigenvalue weighted by Crippen LogP contribution is -2.13. The number of aromatic nitrogens is 2. The molecule has 0 unspecified atom stereocenters. The molecule has 0 saturated heterocycles. The number of carbonyl (C=O) groups is 2. The van der Waals surface area contributed by atoms with Crippen LogP contribution in [-0.4, -0.2) is 26.8 Å². The first kappa shape index (κ1) is 15.3. The van der Waals surface area contributed by atoms with Gasteiger partial charge in [-0.2, -0.15) is 10.4 Å². The number of aryl methyl sites for hydroxylation is 2. The summed E-state index contributed by atoms with van der Waals surface area (Å²) in [6.45, 7) is 3.65. The van der Waals surface area contributed by atoms with Crippen molar-refractivity contribution in [1.82, 2.24) is 9.78 Å². The summed E-state index contributed by atoms with van der Waals surface area (Å²) >= 11 is 0. The first-order chi connectivity index (χ1) is 10.4. The second-order valence-electron chi connectivity index (χ2n) is 4.76. The fourth-order valence-corrected chi connectivity index (χ4v) is 2.12. The molecule has 1 heterocycles. The molecule has 2 aromatic rings. The van der Waals surface area contributed by atoms with Crippen molar-refractivity contribution in [1.29, 1.82) is 5.26 Å². The number of nitrogens with zero attached hydrogens (tertiary/aromatic N) is 3. The molecule has 0 spiro atoms. The van der Waals surface area contributed by atoms with Crippen molar-refractivity contribution in [2.75, 3.05) is 5.32 Å². The number of rotatable bonds is 4. The van der Waals surface area contributed by atoms with E-state index in [2.05, 4.69) is 10.4 Å². The van der Waals surface area contributed by atoms with Gasteiger partial charge in [-0.1, -0.05) is 0 Å². The average Bonchev–Trinajstić information content (AvgIpc) is 2.77. The lowest BCUT2D eigenvalue weighted by atomic mass is 10.1. The molecular formula is C15H14N4O3. The Morgan fingerprint density at radius 3 is 2.64 bits per heavy atom. The Hall–Kier alpha value is -3.14. The average molecular weight is 298 g/mol. The van der Waals surface area contributed by atoms with E-state index in [1.165, 1.54) is 6.07 Å². The zero-order valence-corrected chi connectivity index (χ0v) is 12.1. The van der Waals surface area contributed by atoms with Gasteiger partial charge in [-0.05, 0) is 38.1 Å². The number of amides is 1. The van der Waals surface area contributed by atoms with E-state index in [-0.39, 0.29) is 12.0 Å². The topological polar surface area (TPSA) is 108 Å². The highest BCUT2D eigenvalue weighted by molar-refractivity contribution is 5.96. The number of aromatic carboxylic acids is 1. The number of nitrogens with one attached hydrogen (secondary N) is 1. The third kappa shape index (κ3) is 3.12. The van der Waals surface area contributed by atoms with E-state index >= 15 is 0 Å². The van der Waals surface area contributed by atoms with Crippen LogP contribution in [0.1, 0.15) is 28.2 Å². The molecule has 7 nitrogen and oxygen atoms in total.